The Morgan fingerprint density at radius 1 is 1.48 bits per heavy atom. The van der Waals surface area contributed by atoms with Crippen LogP contribution in [0.1, 0.15) is 35.8 Å². The smallest absolute Gasteiger partial charge is 0.296 e. The highest BCUT2D eigenvalue weighted by Gasteiger charge is 2.28. The van der Waals surface area contributed by atoms with E-state index in [2.05, 4.69) is 10.1 Å². The summed E-state index contributed by atoms with van der Waals surface area (Å²) in [5.41, 5.74) is 2.81. The molecule has 1 aromatic heterocycles. The van der Waals surface area contributed by atoms with Crippen LogP contribution in [0.15, 0.2) is 22.7 Å². The molecule has 0 spiro atoms. The number of fused-ring (bicyclic) bond motifs is 1. The van der Waals surface area contributed by atoms with Gasteiger partial charge in [-0.25, -0.2) is 8.78 Å². The van der Waals surface area contributed by atoms with Crippen molar-refractivity contribution in [2.24, 2.45) is 0 Å². The number of carbonyl (C=O) groups excluding carboxylic acids is 1. The Bertz CT molecular complexity index is 715. The van der Waals surface area contributed by atoms with E-state index in [4.69, 9.17) is 9.26 Å². The van der Waals surface area contributed by atoms with Gasteiger partial charge >= 0.3 is 0 Å². The Labute approximate surface area is 131 Å². The van der Waals surface area contributed by atoms with Crippen LogP contribution in [0, 0.1) is 0 Å². The lowest BCUT2D eigenvalue weighted by atomic mass is 9.95. The van der Waals surface area contributed by atoms with Crippen molar-refractivity contribution in [3.63, 3.8) is 0 Å². The predicted molar refractivity (Wildman–Crippen MR) is 77.1 cm³/mol. The number of rotatable bonds is 6. The van der Waals surface area contributed by atoms with Crippen LogP contribution >= 0.6 is 0 Å². The summed E-state index contributed by atoms with van der Waals surface area (Å²) in [5.74, 6) is -0.264. The van der Waals surface area contributed by atoms with Crippen LogP contribution in [0.5, 0.6) is 0 Å². The Morgan fingerprint density at radius 3 is 3.04 bits per heavy atom. The van der Waals surface area contributed by atoms with Gasteiger partial charge in [0.15, 0.2) is 5.78 Å². The fourth-order valence-corrected chi connectivity index (χ4v) is 2.94. The Hall–Kier alpha value is -2.15. The van der Waals surface area contributed by atoms with Crippen molar-refractivity contribution >= 4 is 5.78 Å². The molecule has 0 bridgehead atoms. The SMILES string of the molecule is COCc1nc(-c2ccc3c(c2)CC[C@H]3CC(=O)C(F)F)no1. The molecule has 1 heterocycles. The maximum absolute atomic E-state index is 12.4. The molecule has 0 aliphatic heterocycles. The molecule has 3 rings (SSSR count). The first-order valence-corrected chi connectivity index (χ1v) is 7.34. The van der Waals surface area contributed by atoms with Crippen molar-refractivity contribution in [3.8, 4) is 11.4 Å². The first kappa shape index (κ1) is 15.7. The number of methoxy groups -OCH3 is 1. The van der Waals surface area contributed by atoms with Gasteiger partial charge in [-0.3, -0.25) is 4.79 Å². The van der Waals surface area contributed by atoms with Crippen LogP contribution < -0.4 is 0 Å². The van der Waals surface area contributed by atoms with Crippen LogP contribution in [-0.2, 0) is 22.6 Å². The molecular formula is C16H16F2N2O3. The summed E-state index contributed by atoms with van der Waals surface area (Å²) in [6.45, 7) is 0.246. The summed E-state index contributed by atoms with van der Waals surface area (Å²) in [5, 5.41) is 3.90. The number of aryl methyl sites for hydroxylation is 1. The first-order valence-electron chi connectivity index (χ1n) is 7.34. The zero-order valence-corrected chi connectivity index (χ0v) is 12.6. The molecule has 23 heavy (non-hydrogen) atoms. The van der Waals surface area contributed by atoms with Gasteiger partial charge in [-0.15, -0.1) is 0 Å². The van der Waals surface area contributed by atoms with Crippen LogP contribution in [0.2, 0.25) is 0 Å². The number of nitrogens with zero attached hydrogens (tertiary/aromatic N) is 2. The second-order valence-electron chi connectivity index (χ2n) is 5.57. The molecule has 0 amide bonds. The fraction of sp³-hybridized carbons (Fsp3) is 0.438. The van der Waals surface area contributed by atoms with Gasteiger partial charge in [0, 0.05) is 19.1 Å². The summed E-state index contributed by atoms with van der Waals surface area (Å²) in [7, 11) is 1.54. The van der Waals surface area contributed by atoms with E-state index in [9.17, 15) is 13.6 Å². The maximum atomic E-state index is 12.4. The molecular weight excluding hydrogens is 306 g/mol. The molecule has 0 unspecified atom stereocenters. The average Bonchev–Trinajstić information content (AvgIpc) is 3.14. The average molecular weight is 322 g/mol. The molecule has 0 saturated heterocycles. The van der Waals surface area contributed by atoms with E-state index in [0.29, 0.717) is 18.1 Å². The number of halogens is 2. The number of hydrogen-bond donors (Lipinski definition) is 0. The van der Waals surface area contributed by atoms with Gasteiger partial charge in [-0.1, -0.05) is 17.3 Å². The Morgan fingerprint density at radius 2 is 2.30 bits per heavy atom. The van der Waals surface area contributed by atoms with Gasteiger partial charge < -0.3 is 9.26 Å². The van der Waals surface area contributed by atoms with Crippen molar-refractivity contribution < 1.29 is 22.8 Å². The number of aromatic nitrogens is 2. The van der Waals surface area contributed by atoms with Crippen molar-refractivity contribution in [1.29, 1.82) is 0 Å². The summed E-state index contributed by atoms with van der Waals surface area (Å²) >= 11 is 0. The molecule has 1 atom stereocenters. The molecule has 1 aliphatic rings. The number of ketones is 1. The monoisotopic (exact) mass is 322 g/mol. The minimum Gasteiger partial charge on any atom is -0.375 e. The standard InChI is InChI=1S/C16H16F2N2O3/c1-22-8-14-19-16(20-23-14)11-4-5-12-9(6-11)2-3-10(12)7-13(21)15(17)18/h4-6,10,15H,2-3,7-8H2,1H3/t10-/m0/s1. The third-order valence-electron chi connectivity index (χ3n) is 4.03. The lowest BCUT2D eigenvalue weighted by Gasteiger charge is -2.10. The first-order chi connectivity index (χ1) is 11.1. The molecule has 0 N–H and O–H groups in total. The zero-order chi connectivity index (χ0) is 16.4. The van der Waals surface area contributed by atoms with Gasteiger partial charge in [0.05, 0.1) is 0 Å². The van der Waals surface area contributed by atoms with Crippen molar-refractivity contribution in [2.75, 3.05) is 7.11 Å². The van der Waals surface area contributed by atoms with E-state index >= 15 is 0 Å². The van der Waals surface area contributed by atoms with E-state index in [1.54, 1.807) is 7.11 Å². The van der Waals surface area contributed by atoms with Crippen LogP contribution in [0.3, 0.4) is 0 Å². The number of ether oxygens (including phenoxy) is 1. The van der Waals surface area contributed by atoms with Crippen LogP contribution in [0.25, 0.3) is 11.4 Å². The lowest BCUT2D eigenvalue weighted by molar-refractivity contribution is -0.129. The molecule has 2 aromatic rings. The molecule has 122 valence electrons. The topological polar surface area (TPSA) is 65.2 Å². The summed E-state index contributed by atoms with van der Waals surface area (Å²) in [6.07, 6.45) is -1.53. The second-order valence-corrected chi connectivity index (χ2v) is 5.57. The third kappa shape index (κ3) is 3.29. The predicted octanol–water partition coefficient (Wildman–Crippen LogP) is 3.14. The van der Waals surface area contributed by atoms with Crippen molar-refractivity contribution in [3.05, 3.63) is 35.2 Å². The molecule has 1 aromatic carbocycles. The number of hydrogen-bond acceptors (Lipinski definition) is 5. The molecule has 5 nitrogen and oxygen atoms in total. The third-order valence-corrected chi connectivity index (χ3v) is 4.03. The number of carbonyl (C=O) groups is 1. The van der Waals surface area contributed by atoms with Gasteiger partial charge in [0.25, 0.3) is 12.3 Å². The lowest BCUT2D eigenvalue weighted by Crippen LogP contribution is -2.13. The van der Waals surface area contributed by atoms with Crippen molar-refractivity contribution in [1.82, 2.24) is 10.1 Å². The van der Waals surface area contributed by atoms with E-state index in [0.717, 1.165) is 23.1 Å². The normalized spacial score (nSPS) is 16.8. The van der Waals surface area contributed by atoms with E-state index in [1.807, 2.05) is 18.2 Å². The van der Waals surface area contributed by atoms with Gasteiger partial charge in [0.2, 0.25) is 5.82 Å². The summed E-state index contributed by atoms with van der Waals surface area (Å²) in [6, 6.07) is 5.63. The van der Waals surface area contributed by atoms with Crippen LogP contribution in [-0.4, -0.2) is 29.5 Å². The van der Waals surface area contributed by atoms with Gasteiger partial charge in [0.1, 0.15) is 6.61 Å². The van der Waals surface area contributed by atoms with E-state index in [-0.39, 0.29) is 18.9 Å². The van der Waals surface area contributed by atoms with Gasteiger partial charge in [-0.05, 0) is 36.0 Å². The molecule has 0 saturated carbocycles. The maximum Gasteiger partial charge on any atom is 0.296 e. The minimum absolute atomic E-state index is 0.107. The Kier molecular flexibility index (Phi) is 4.47. The molecule has 1 aliphatic carbocycles. The van der Waals surface area contributed by atoms with Gasteiger partial charge in [-0.2, -0.15) is 4.98 Å². The summed E-state index contributed by atoms with van der Waals surface area (Å²) in [4.78, 5) is 15.5. The highest BCUT2D eigenvalue weighted by atomic mass is 19.3. The highest BCUT2D eigenvalue weighted by Crippen LogP contribution is 2.37. The molecule has 7 heteroatoms. The molecule has 0 radical (unpaired) electrons. The zero-order valence-electron chi connectivity index (χ0n) is 12.6. The van der Waals surface area contributed by atoms with Crippen LogP contribution in [0.4, 0.5) is 8.78 Å². The largest absolute Gasteiger partial charge is 0.375 e. The fourth-order valence-electron chi connectivity index (χ4n) is 2.94. The number of Topliss-reactive ketones (excluding diaryl/α,β-unsaturated/α-hetero) is 1. The summed E-state index contributed by atoms with van der Waals surface area (Å²) < 4.78 is 34.8. The highest BCUT2D eigenvalue weighted by molar-refractivity contribution is 5.82. The number of alkyl halides is 2. The second kappa shape index (κ2) is 6.54. The number of benzene rings is 1. The minimum atomic E-state index is -2.89. The molecule has 0 fully saturated rings. The van der Waals surface area contributed by atoms with E-state index < -0.39 is 12.2 Å². The van der Waals surface area contributed by atoms with Crippen molar-refractivity contribution in [2.45, 2.75) is 38.2 Å². The quantitative estimate of drug-likeness (QED) is 0.817. The Balaban J connectivity index is 1.79. The van der Waals surface area contributed by atoms with E-state index in [1.165, 1.54) is 0 Å².